The average Bonchev–Trinajstić information content (AvgIpc) is 2.96. The predicted molar refractivity (Wildman–Crippen MR) is 103 cm³/mol. The van der Waals surface area contributed by atoms with E-state index in [-0.39, 0.29) is 27.6 Å². The zero-order valence-corrected chi connectivity index (χ0v) is 16.8. The lowest BCUT2D eigenvalue weighted by Crippen LogP contribution is -2.50. The van der Waals surface area contributed by atoms with Crippen molar-refractivity contribution < 1.29 is 14.0 Å². The Morgan fingerprint density at radius 3 is 2.73 bits per heavy atom. The van der Waals surface area contributed by atoms with Gasteiger partial charge in [-0.2, -0.15) is 0 Å². The molecule has 0 aliphatic heterocycles. The Bertz CT molecular complexity index is 711. The van der Waals surface area contributed by atoms with Gasteiger partial charge in [0.1, 0.15) is 6.01 Å². The first-order valence-electron chi connectivity index (χ1n) is 9.99. The molecule has 0 aromatic rings. The maximum Gasteiger partial charge on any atom is 0.195 e. The third kappa shape index (κ3) is 2.43. The van der Waals surface area contributed by atoms with Crippen LogP contribution in [0.25, 0.3) is 0 Å². The van der Waals surface area contributed by atoms with E-state index in [1.54, 1.807) is 6.08 Å². The summed E-state index contributed by atoms with van der Waals surface area (Å²) in [4.78, 5) is 24.7. The highest BCUT2D eigenvalue weighted by molar-refractivity contribution is 8.13. The Morgan fingerprint density at radius 2 is 2.00 bits per heavy atom. The molecule has 0 spiro atoms. The van der Waals surface area contributed by atoms with Crippen LogP contribution < -0.4 is 0 Å². The van der Waals surface area contributed by atoms with Gasteiger partial charge in [-0.1, -0.05) is 37.3 Å². The molecule has 0 aromatic heterocycles. The first-order valence-corrected chi connectivity index (χ1v) is 11.0. The molecule has 26 heavy (non-hydrogen) atoms. The molecular formula is C22H29FO2S. The molecule has 4 rings (SSSR count). The summed E-state index contributed by atoms with van der Waals surface area (Å²) in [6, 6.07) is -0.605. The van der Waals surface area contributed by atoms with E-state index in [0.29, 0.717) is 17.8 Å². The number of ketones is 1. The molecule has 2 nitrogen and oxygen atoms in total. The topological polar surface area (TPSA) is 34.1 Å². The maximum atomic E-state index is 12.7. The zero-order valence-electron chi connectivity index (χ0n) is 16.0. The van der Waals surface area contributed by atoms with Crippen molar-refractivity contribution in [1.29, 1.82) is 0 Å². The van der Waals surface area contributed by atoms with Gasteiger partial charge in [0.15, 0.2) is 10.9 Å². The molecule has 4 heteroatoms. The van der Waals surface area contributed by atoms with Crippen molar-refractivity contribution in [2.45, 2.75) is 59.3 Å². The number of thioether (sulfide) groups is 1. The standard InChI is InChI=1S/C22H29FO2S/c1-13-15-5-4-14-16-6-7-18(20(25)26-12-23)22(16,3)10-8-17(14)21(15,2)11-9-19(13)24/h9,11,14,16-18H,4-8,10,12H2,1-3H3/t14-,16-,17-,18+,21-,22-/m0/s1. The van der Waals surface area contributed by atoms with E-state index in [1.165, 1.54) is 5.57 Å². The number of carbonyl (C=O) groups is 2. The molecule has 0 aromatic carbocycles. The Labute approximate surface area is 160 Å². The van der Waals surface area contributed by atoms with Crippen molar-refractivity contribution >= 4 is 22.7 Å². The number of hydrogen-bond donors (Lipinski definition) is 0. The van der Waals surface area contributed by atoms with E-state index in [9.17, 15) is 14.0 Å². The highest BCUT2D eigenvalue weighted by atomic mass is 32.2. The van der Waals surface area contributed by atoms with E-state index in [0.717, 1.165) is 55.9 Å². The van der Waals surface area contributed by atoms with Crippen molar-refractivity contribution in [1.82, 2.24) is 0 Å². The van der Waals surface area contributed by atoms with Gasteiger partial charge >= 0.3 is 0 Å². The lowest BCUT2D eigenvalue weighted by Gasteiger charge is -2.57. The van der Waals surface area contributed by atoms with Crippen LogP contribution in [0.5, 0.6) is 0 Å². The van der Waals surface area contributed by atoms with E-state index < -0.39 is 6.01 Å². The van der Waals surface area contributed by atoms with Crippen molar-refractivity contribution in [3.63, 3.8) is 0 Å². The van der Waals surface area contributed by atoms with Crippen molar-refractivity contribution in [2.75, 3.05) is 6.01 Å². The monoisotopic (exact) mass is 376 g/mol. The van der Waals surface area contributed by atoms with E-state index in [1.807, 2.05) is 6.92 Å². The molecule has 0 unspecified atom stereocenters. The van der Waals surface area contributed by atoms with Crippen LogP contribution in [0.2, 0.25) is 0 Å². The number of alkyl halides is 1. The van der Waals surface area contributed by atoms with Crippen molar-refractivity contribution in [3.05, 3.63) is 23.3 Å². The molecule has 0 bridgehead atoms. The van der Waals surface area contributed by atoms with Gasteiger partial charge in [-0.15, -0.1) is 0 Å². The molecule has 0 amide bonds. The third-order valence-electron chi connectivity index (χ3n) is 8.47. The Balaban J connectivity index is 1.65. The molecule has 0 saturated heterocycles. The Hall–Kier alpha value is -0.900. The van der Waals surface area contributed by atoms with Gasteiger partial charge in [0.25, 0.3) is 0 Å². The average molecular weight is 377 g/mol. The van der Waals surface area contributed by atoms with Gasteiger partial charge in [-0.05, 0) is 80.3 Å². The molecule has 3 saturated carbocycles. The molecule has 3 fully saturated rings. The van der Waals surface area contributed by atoms with Gasteiger partial charge in [0.2, 0.25) is 0 Å². The molecule has 6 atom stereocenters. The molecule has 0 radical (unpaired) electrons. The minimum Gasteiger partial charge on any atom is -0.290 e. The summed E-state index contributed by atoms with van der Waals surface area (Å²) >= 11 is 0.868. The number of allylic oxidation sites excluding steroid dienone is 4. The number of rotatable bonds is 2. The van der Waals surface area contributed by atoms with Crippen LogP contribution in [-0.4, -0.2) is 16.9 Å². The van der Waals surface area contributed by atoms with Gasteiger partial charge < -0.3 is 0 Å². The zero-order chi connectivity index (χ0) is 18.7. The van der Waals surface area contributed by atoms with Crippen molar-refractivity contribution in [2.24, 2.45) is 34.5 Å². The fraction of sp³-hybridized carbons (Fsp3) is 0.727. The molecule has 142 valence electrons. The number of hydrogen-bond acceptors (Lipinski definition) is 3. The fourth-order valence-corrected chi connectivity index (χ4v) is 7.81. The summed E-state index contributed by atoms with van der Waals surface area (Å²) < 4.78 is 12.7. The quantitative estimate of drug-likeness (QED) is 0.639. The highest BCUT2D eigenvalue weighted by Gasteiger charge is 2.59. The highest BCUT2D eigenvalue weighted by Crippen LogP contribution is 2.66. The predicted octanol–water partition coefficient (Wildman–Crippen LogP) is 5.49. The van der Waals surface area contributed by atoms with Crippen LogP contribution in [-0.2, 0) is 9.59 Å². The first-order chi connectivity index (χ1) is 12.3. The minimum atomic E-state index is -0.605. The molecule has 4 aliphatic rings. The van der Waals surface area contributed by atoms with Crippen LogP contribution in [0.3, 0.4) is 0 Å². The molecule has 4 aliphatic carbocycles. The largest absolute Gasteiger partial charge is 0.290 e. The van der Waals surface area contributed by atoms with Crippen LogP contribution in [0.15, 0.2) is 23.3 Å². The van der Waals surface area contributed by atoms with Gasteiger partial charge in [-0.25, -0.2) is 4.39 Å². The molecular weight excluding hydrogens is 347 g/mol. The van der Waals surface area contributed by atoms with Gasteiger partial charge in [0, 0.05) is 11.3 Å². The summed E-state index contributed by atoms with van der Waals surface area (Å²) in [7, 11) is 0. The summed E-state index contributed by atoms with van der Waals surface area (Å²) in [5.41, 5.74) is 2.34. The summed E-state index contributed by atoms with van der Waals surface area (Å²) in [5, 5.41) is 0.0672. The summed E-state index contributed by atoms with van der Waals surface area (Å²) in [6.07, 6.45) is 10.3. The molecule has 0 N–H and O–H groups in total. The SMILES string of the molecule is CC1=C2CC[C@H]3[C@@H]4CC[C@H](C(=O)SCF)[C@@]4(C)CC[C@@H]3[C@@]2(C)C=CC1=O. The number of halogens is 1. The van der Waals surface area contributed by atoms with Crippen LogP contribution >= 0.6 is 11.8 Å². The third-order valence-corrected chi connectivity index (χ3v) is 9.15. The van der Waals surface area contributed by atoms with E-state index >= 15 is 0 Å². The second kappa shape index (κ2) is 6.32. The fourth-order valence-electron chi connectivity index (χ4n) is 7.12. The number of carbonyl (C=O) groups excluding carboxylic acids is 2. The van der Waals surface area contributed by atoms with Crippen LogP contribution in [0.4, 0.5) is 4.39 Å². The lowest BCUT2D eigenvalue weighted by atomic mass is 9.47. The van der Waals surface area contributed by atoms with E-state index in [4.69, 9.17) is 0 Å². The van der Waals surface area contributed by atoms with Crippen LogP contribution in [0.1, 0.15) is 59.3 Å². The smallest absolute Gasteiger partial charge is 0.195 e. The lowest BCUT2D eigenvalue weighted by molar-refractivity contribution is -0.121. The van der Waals surface area contributed by atoms with Crippen molar-refractivity contribution in [3.8, 4) is 0 Å². The van der Waals surface area contributed by atoms with Crippen LogP contribution in [0, 0.1) is 34.5 Å². The number of fused-ring (bicyclic) bond motifs is 5. The van der Waals surface area contributed by atoms with Gasteiger partial charge in [-0.3, -0.25) is 9.59 Å². The summed E-state index contributed by atoms with van der Waals surface area (Å²) in [6.45, 7) is 6.61. The van der Waals surface area contributed by atoms with E-state index in [2.05, 4.69) is 19.9 Å². The first kappa shape index (κ1) is 18.5. The molecule has 0 heterocycles. The summed E-state index contributed by atoms with van der Waals surface area (Å²) in [5.74, 6) is 1.92. The van der Waals surface area contributed by atoms with Gasteiger partial charge in [0.05, 0.1) is 0 Å². The second-order valence-corrected chi connectivity index (χ2v) is 10.2. The minimum absolute atomic E-state index is 0.00196. The Morgan fingerprint density at radius 1 is 1.23 bits per heavy atom. The second-order valence-electron chi connectivity index (χ2n) is 9.25. The Kier molecular flexibility index (Phi) is 4.49. The normalized spacial score (nSPS) is 44.5. The maximum absolute atomic E-state index is 12.7.